The highest BCUT2D eigenvalue weighted by atomic mass is 19.1. The fraction of sp³-hybridized carbons (Fsp3) is 0.333. The molecule has 0 spiro atoms. The molecule has 2 nitrogen and oxygen atoms in total. The fourth-order valence-electron chi connectivity index (χ4n) is 2.07. The van der Waals surface area contributed by atoms with E-state index in [0.29, 0.717) is 0 Å². The predicted molar refractivity (Wildman–Crippen MR) is 69.7 cm³/mol. The molecule has 3 heteroatoms. The highest BCUT2D eigenvalue weighted by molar-refractivity contribution is 5.20. The third-order valence-electron chi connectivity index (χ3n) is 3.10. The van der Waals surface area contributed by atoms with Crippen molar-refractivity contribution in [3.63, 3.8) is 0 Å². The van der Waals surface area contributed by atoms with Gasteiger partial charge in [-0.05, 0) is 43.2 Å². The lowest BCUT2D eigenvalue weighted by Gasteiger charge is -2.21. The molecule has 2 aromatic rings. The minimum atomic E-state index is -0.201. The van der Waals surface area contributed by atoms with Crippen LogP contribution in [-0.4, -0.2) is 0 Å². The van der Waals surface area contributed by atoms with Crippen LogP contribution in [0.1, 0.15) is 43.7 Å². The quantitative estimate of drug-likeness (QED) is 0.855. The van der Waals surface area contributed by atoms with Gasteiger partial charge in [-0.15, -0.1) is 0 Å². The molecular weight excluding hydrogens is 229 g/mol. The van der Waals surface area contributed by atoms with Crippen molar-refractivity contribution in [3.8, 4) is 0 Å². The van der Waals surface area contributed by atoms with Crippen molar-refractivity contribution in [1.82, 2.24) is 5.32 Å². The maximum atomic E-state index is 12.9. The summed E-state index contributed by atoms with van der Waals surface area (Å²) in [6.45, 7) is 4.17. The van der Waals surface area contributed by atoms with Crippen LogP contribution in [0.4, 0.5) is 4.39 Å². The summed E-state index contributed by atoms with van der Waals surface area (Å²) >= 11 is 0. The number of rotatable bonds is 5. The Bertz CT molecular complexity index is 464. The normalized spacial score (nSPS) is 14.4. The molecule has 0 fully saturated rings. The number of halogens is 1. The summed E-state index contributed by atoms with van der Waals surface area (Å²) in [7, 11) is 0. The van der Waals surface area contributed by atoms with Gasteiger partial charge in [0.2, 0.25) is 0 Å². The Morgan fingerprint density at radius 3 is 2.50 bits per heavy atom. The molecular formula is C15H18FNO. The molecule has 1 aromatic heterocycles. The first kappa shape index (κ1) is 12.8. The van der Waals surface area contributed by atoms with Crippen LogP contribution in [0.3, 0.4) is 0 Å². The largest absolute Gasteiger partial charge is 0.468 e. The predicted octanol–water partition coefficient (Wildman–Crippen LogP) is 4.22. The van der Waals surface area contributed by atoms with E-state index in [1.807, 2.05) is 24.3 Å². The van der Waals surface area contributed by atoms with Crippen LogP contribution in [-0.2, 0) is 0 Å². The smallest absolute Gasteiger partial charge is 0.123 e. The fourth-order valence-corrected chi connectivity index (χ4v) is 2.07. The van der Waals surface area contributed by atoms with Gasteiger partial charge >= 0.3 is 0 Å². The zero-order valence-electron chi connectivity index (χ0n) is 10.7. The second kappa shape index (κ2) is 5.83. The van der Waals surface area contributed by atoms with E-state index >= 15 is 0 Å². The Morgan fingerprint density at radius 1 is 1.22 bits per heavy atom. The molecule has 2 unspecified atom stereocenters. The third kappa shape index (κ3) is 2.99. The monoisotopic (exact) mass is 247 g/mol. The van der Waals surface area contributed by atoms with Gasteiger partial charge in [0.05, 0.1) is 12.3 Å². The Labute approximate surface area is 107 Å². The molecule has 0 aliphatic carbocycles. The molecule has 96 valence electrons. The van der Waals surface area contributed by atoms with Gasteiger partial charge in [-0.25, -0.2) is 4.39 Å². The lowest BCUT2D eigenvalue weighted by molar-refractivity contribution is 0.386. The van der Waals surface area contributed by atoms with E-state index in [9.17, 15) is 4.39 Å². The lowest BCUT2D eigenvalue weighted by atomic mass is 10.0. The van der Waals surface area contributed by atoms with Gasteiger partial charge in [0.1, 0.15) is 11.6 Å². The van der Waals surface area contributed by atoms with Crippen LogP contribution < -0.4 is 5.32 Å². The molecule has 18 heavy (non-hydrogen) atoms. The van der Waals surface area contributed by atoms with E-state index < -0.39 is 0 Å². The summed E-state index contributed by atoms with van der Waals surface area (Å²) < 4.78 is 18.3. The van der Waals surface area contributed by atoms with Crippen LogP contribution in [0.25, 0.3) is 0 Å². The van der Waals surface area contributed by atoms with Crippen molar-refractivity contribution in [2.75, 3.05) is 0 Å². The maximum Gasteiger partial charge on any atom is 0.123 e. The Hall–Kier alpha value is -1.61. The first-order valence-corrected chi connectivity index (χ1v) is 6.25. The highest BCUT2D eigenvalue weighted by Gasteiger charge is 2.15. The number of furan rings is 1. The van der Waals surface area contributed by atoms with Crippen LogP contribution in [0.5, 0.6) is 0 Å². The van der Waals surface area contributed by atoms with Crippen LogP contribution in [0, 0.1) is 5.82 Å². The number of hydrogen-bond donors (Lipinski definition) is 1. The van der Waals surface area contributed by atoms with E-state index in [4.69, 9.17) is 4.42 Å². The van der Waals surface area contributed by atoms with Crippen LogP contribution >= 0.6 is 0 Å². The molecule has 1 aromatic carbocycles. The number of hydrogen-bond acceptors (Lipinski definition) is 2. The van der Waals surface area contributed by atoms with Crippen molar-refractivity contribution in [2.45, 2.75) is 32.4 Å². The second-order valence-corrected chi connectivity index (χ2v) is 4.42. The third-order valence-corrected chi connectivity index (χ3v) is 3.10. The minimum absolute atomic E-state index is 0.134. The molecule has 0 saturated heterocycles. The van der Waals surface area contributed by atoms with Gasteiger partial charge in [0, 0.05) is 6.04 Å². The van der Waals surface area contributed by atoms with E-state index in [1.54, 1.807) is 6.26 Å². The van der Waals surface area contributed by atoms with Crippen LogP contribution in [0.2, 0.25) is 0 Å². The Balaban J connectivity index is 2.07. The average Bonchev–Trinajstić information content (AvgIpc) is 2.91. The van der Waals surface area contributed by atoms with E-state index in [2.05, 4.69) is 19.2 Å². The summed E-state index contributed by atoms with van der Waals surface area (Å²) in [5.74, 6) is 0.711. The summed E-state index contributed by atoms with van der Waals surface area (Å²) in [4.78, 5) is 0. The molecule has 0 radical (unpaired) electrons. The van der Waals surface area contributed by atoms with Crippen molar-refractivity contribution in [1.29, 1.82) is 0 Å². The van der Waals surface area contributed by atoms with E-state index in [0.717, 1.165) is 17.7 Å². The Morgan fingerprint density at radius 2 is 1.94 bits per heavy atom. The summed E-state index contributed by atoms with van der Waals surface area (Å²) in [5.41, 5.74) is 1.09. The molecule has 1 N–H and O–H groups in total. The second-order valence-electron chi connectivity index (χ2n) is 4.42. The van der Waals surface area contributed by atoms with Crippen molar-refractivity contribution < 1.29 is 8.81 Å². The van der Waals surface area contributed by atoms with E-state index in [-0.39, 0.29) is 17.9 Å². The molecule has 1 heterocycles. The van der Waals surface area contributed by atoms with Crippen molar-refractivity contribution >= 4 is 0 Å². The van der Waals surface area contributed by atoms with Crippen molar-refractivity contribution in [3.05, 3.63) is 59.8 Å². The van der Waals surface area contributed by atoms with Gasteiger partial charge < -0.3 is 9.73 Å². The van der Waals surface area contributed by atoms with Crippen LogP contribution in [0.15, 0.2) is 47.1 Å². The van der Waals surface area contributed by atoms with Gasteiger partial charge in [-0.1, -0.05) is 19.1 Å². The maximum absolute atomic E-state index is 12.9. The Kier molecular flexibility index (Phi) is 4.15. The van der Waals surface area contributed by atoms with Gasteiger partial charge in [0.15, 0.2) is 0 Å². The number of benzene rings is 1. The first-order valence-electron chi connectivity index (χ1n) is 6.25. The molecule has 0 saturated carbocycles. The van der Waals surface area contributed by atoms with Gasteiger partial charge in [-0.2, -0.15) is 0 Å². The van der Waals surface area contributed by atoms with Gasteiger partial charge in [0.25, 0.3) is 0 Å². The molecule has 2 atom stereocenters. The molecule has 0 aliphatic rings. The van der Waals surface area contributed by atoms with Gasteiger partial charge in [-0.3, -0.25) is 0 Å². The highest BCUT2D eigenvalue weighted by Crippen LogP contribution is 2.22. The number of nitrogens with one attached hydrogen (secondary N) is 1. The minimum Gasteiger partial charge on any atom is -0.468 e. The average molecular weight is 247 g/mol. The molecule has 0 amide bonds. The summed E-state index contributed by atoms with van der Waals surface area (Å²) in [6.07, 6.45) is 2.61. The standard InChI is InChI=1S/C15H18FNO/c1-3-14(12-6-8-13(16)9-7-12)17-11(2)15-5-4-10-18-15/h4-11,14,17H,3H2,1-2H3. The SMILES string of the molecule is CCC(NC(C)c1ccco1)c1ccc(F)cc1. The van der Waals surface area contributed by atoms with Crippen molar-refractivity contribution in [2.24, 2.45) is 0 Å². The zero-order chi connectivity index (χ0) is 13.0. The molecule has 0 bridgehead atoms. The molecule has 2 rings (SSSR count). The lowest BCUT2D eigenvalue weighted by Crippen LogP contribution is -2.23. The molecule has 0 aliphatic heterocycles. The zero-order valence-corrected chi connectivity index (χ0v) is 10.7. The topological polar surface area (TPSA) is 25.2 Å². The first-order chi connectivity index (χ1) is 8.70. The van der Waals surface area contributed by atoms with E-state index in [1.165, 1.54) is 12.1 Å². The summed E-state index contributed by atoms with van der Waals surface area (Å²) in [6, 6.07) is 10.8. The summed E-state index contributed by atoms with van der Waals surface area (Å²) in [5, 5.41) is 3.49.